The van der Waals surface area contributed by atoms with Crippen molar-refractivity contribution in [3.8, 4) is 0 Å². The van der Waals surface area contributed by atoms with E-state index in [0.29, 0.717) is 11.6 Å². The van der Waals surface area contributed by atoms with Gasteiger partial charge in [-0.25, -0.2) is 0 Å². The quantitative estimate of drug-likeness (QED) is 0.144. The molecule has 0 bridgehead atoms. The SMILES string of the molecule is C=C[C@H]([C@H](CCCCCCCCCC)O[Si](C)(C)C(C)(C)C)[Si](C)(C)c1ccccc1. The smallest absolute Gasteiger partial charge is 0.192 e. The van der Waals surface area contributed by atoms with E-state index in [4.69, 9.17) is 4.43 Å². The maximum absolute atomic E-state index is 7.13. The van der Waals surface area contributed by atoms with Crippen LogP contribution in [-0.4, -0.2) is 22.5 Å². The Hall–Kier alpha value is -0.646. The Morgan fingerprint density at radius 1 is 0.871 bits per heavy atom. The van der Waals surface area contributed by atoms with Gasteiger partial charge in [0.25, 0.3) is 0 Å². The van der Waals surface area contributed by atoms with E-state index in [9.17, 15) is 0 Å². The lowest BCUT2D eigenvalue weighted by Gasteiger charge is -2.44. The maximum Gasteiger partial charge on any atom is 0.192 e. The van der Waals surface area contributed by atoms with Crippen LogP contribution in [0.2, 0.25) is 36.8 Å². The fourth-order valence-corrected chi connectivity index (χ4v) is 9.02. The second-order valence-electron chi connectivity index (χ2n) is 11.5. The van der Waals surface area contributed by atoms with E-state index in [1.807, 2.05) is 0 Å². The number of rotatable bonds is 15. The van der Waals surface area contributed by atoms with Crippen LogP contribution < -0.4 is 5.19 Å². The van der Waals surface area contributed by atoms with E-state index in [0.717, 1.165) is 0 Å². The molecule has 0 heterocycles. The minimum atomic E-state index is -1.84. The summed E-state index contributed by atoms with van der Waals surface area (Å²) in [7, 11) is -3.58. The van der Waals surface area contributed by atoms with Crippen LogP contribution >= 0.6 is 0 Å². The zero-order valence-electron chi connectivity index (χ0n) is 22.1. The normalized spacial score (nSPS) is 15.0. The molecule has 1 rings (SSSR count). The lowest BCUT2D eigenvalue weighted by atomic mass is 10.0. The van der Waals surface area contributed by atoms with Crippen LogP contribution in [0.3, 0.4) is 0 Å². The first-order chi connectivity index (χ1) is 14.5. The van der Waals surface area contributed by atoms with Gasteiger partial charge in [0.1, 0.15) is 0 Å². The van der Waals surface area contributed by atoms with Crippen molar-refractivity contribution in [2.45, 2.75) is 128 Å². The zero-order valence-corrected chi connectivity index (χ0v) is 24.1. The summed E-state index contributed by atoms with van der Waals surface area (Å²) in [4.78, 5) is 0. The Kier molecular flexibility index (Phi) is 12.0. The molecule has 0 aliphatic heterocycles. The van der Waals surface area contributed by atoms with Crippen molar-refractivity contribution in [3.63, 3.8) is 0 Å². The van der Waals surface area contributed by atoms with Crippen LogP contribution in [0.4, 0.5) is 0 Å². The molecule has 0 radical (unpaired) electrons. The topological polar surface area (TPSA) is 9.23 Å². The molecule has 2 atom stereocenters. The van der Waals surface area contributed by atoms with Crippen LogP contribution in [0.25, 0.3) is 0 Å². The predicted molar refractivity (Wildman–Crippen MR) is 147 cm³/mol. The van der Waals surface area contributed by atoms with Crippen LogP contribution in [-0.2, 0) is 4.43 Å². The molecule has 0 saturated heterocycles. The largest absolute Gasteiger partial charge is 0.414 e. The Morgan fingerprint density at radius 2 is 1.39 bits per heavy atom. The number of hydrogen-bond acceptors (Lipinski definition) is 1. The third-order valence-electron chi connectivity index (χ3n) is 7.60. The second kappa shape index (κ2) is 13.2. The second-order valence-corrected chi connectivity index (χ2v) is 21.0. The fraction of sp³-hybridized carbons (Fsp3) is 0.714. The van der Waals surface area contributed by atoms with Gasteiger partial charge in [-0.3, -0.25) is 0 Å². The molecule has 0 fully saturated rings. The van der Waals surface area contributed by atoms with E-state index in [-0.39, 0.29) is 5.04 Å². The first-order valence-electron chi connectivity index (χ1n) is 12.8. The van der Waals surface area contributed by atoms with Crippen LogP contribution in [0, 0.1) is 0 Å². The average Bonchev–Trinajstić information content (AvgIpc) is 2.69. The van der Waals surface area contributed by atoms with Crippen LogP contribution in [0.15, 0.2) is 43.0 Å². The van der Waals surface area contributed by atoms with Crippen molar-refractivity contribution in [1.29, 1.82) is 0 Å². The average molecular weight is 461 g/mol. The summed E-state index contributed by atoms with van der Waals surface area (Å²) in [5.74, 6) is 0. The number of hydrogen-bond donors (Lipinski definition) is 0. The standard InChI is InChI=1S/C28H52OSi2/c1-10-12-13-14-15-16-17-21-24-26(29-31(8,9)28(3,4)5)27(11-2)30(6,7)25-22-19-18-20-23-25/h11,18-20,22-23,26-27H,2,10,12-17,21,24H2,1,3-9H3/t26-,27+/m0/s1. The molecule has 0 aliphatic rings. The van der Waals surface area contributed by atoms with Crippen molar-refractivity contribution >= 4 is 21.6 Å². The first-order valence-corrected chi connectivity index (χ1v) is 18.8. The van der Waals surface area contributed by atoms with Crippen molar-refractivity contribution in [3.05, 3.63) is 43.0 Å². The lowest BCUT2D eigenvalue weighted by molar-refractivity contribution is 0.168. The molecular weight excluding hydrogens is 408 g/mol. The minimum Gasteiger partial charge on any atom is -0.414 e. The molecule has 0 N–H and O–H groups in total. The molecule has 0 aromatic heterocycles. The molecule has 0 amide bonds. The van der Waals surface area contributed by atoms with Crippen LogP contribution in [0.5, 0.6) is 0 Å². The van der Waals surface area contributed by atoms with Gasteiger partial charge in [0.15, 0.2) is 8.32 Å². The molecule has 0 spiro atoms. The van der Waals surface area contributed by atoms with E-state index < -0.39 is 16.4 Å². The van der Waals surface area contributed by atoms with Gasteiger partial charge < -0.3 is 4.43 Å². The van der Waals surface area contributed by atoms with Gasteiger partial charge in [-0.15, -0.1) is 6.58 Å². The number of benzene rings is 1. The number of unbranched alkanes of at least 4 members (excludes halogenated alkanes) is 7. The third-order valence-corrected chi connectivity index (χ3v) is 16.2. The minimum absolute atomic E-state index is 0.231. The molecule has 1 aromatic rings. The van der Waals surface area contributed by atoms with Gasteiger partial charge in [0.2, 0.25) is 0 Å². The van der Waals surface area contributed by atoms with E-state index in [2.05, 4.69) is 96.9 Å². The monoisotopic (exact) mass is 460 g/mol. The fourth-order valence-electron chi connectivity index (χ4n) is 4.32. The Labute approximate surface area is 197 Å². The Bertz CT molecular complexity index is 616. The summed E-state index contributed by atoms with van der Waals surface area (Å²) in [6.45, 7) is 23.5. The first kappa shape index (κ1) is 28.4. The van der Waals surface area contributed by atoms with E-state index in [1.165, 1.54) is 63.0 Å². The van der Waals surface area contributed by atoms with Gasteiger partial charge in [-0.1, -0.05) is 134 Å². The van der Waals surface area contributed by atoms with Crippen molar-refractivity contribution in [2.75, 3.05) is 0 Å². The summed E-state index contributed by atoms with van der Waals surface area (Å²) in [5.41, 5.74) is 0.438. The highest BCUT2D eigenvalue weighted by Crippen LogP contribution is 2.41. The Balaban J connectivity index is 2.91. The molecule has 0 saturated carbocycles. The molecule has 178 valence electrons. The van der Waals surface area contributed by atoms with Gasteiger partial charge in [0.05, 0.1) is 8.07 Å². The molecular formula is C28H52OSi2. The highest BCUT2D eigenvalue weighted by molar-refractivity contribution is 6.91. The highest BCUT2D eigenvalue weighted by atomic mass is 28.4. The predicted octanol–water partition coefficient (Wildman–Crippen LogP) is 9.08. The van der Waals surface area contributed by atoms with Crippen LogP contribution in [0.1, 0.15) is 85.5 Å². The summed E-state index contributed by atoms with van der Waals surface area (Å²) in [6.07, 6.45) is 14.6. The van der Waals surface area contributed by atoms with Gasteiger partial charge in [-0.05, 0) is 24.6 Å². The molecule has 0 unspecified atom stereocenters. The summed E-state index contributed by atoms with van der Waals surface area (Å²) >= 11 is 0. The van der Waals surface area contributed by atoms with Crippen molar-refractivity contribution in [2.24, 2.45) is 0 Å². The molecule has 1 nitrogen and oxygen atoms in total. The van der Waals surface area contributed by atoms with E-state index >= 15 is 0 Å². The molecule has 3 heteroatoms. The third kappa shape index (κ3) is 9.02. The van der Waals surface area contributed by atoms with Crippen molar-refractivity contribution in [1.82, 2.24) is 0 Å². The maximum atomic E-state index is 7.13. The van der Waals surface area contributed by atoms with E-state index in [1.54, 1.807) is 0 Å². The van der Waals surface area contributed by atoms with Gasteiger partial charge in [0, 0.05) is 11.6 Å². The van der Waals surface area contributed by atoms with Gasteiger partial charge in [-0.2, -0.15) is 0 Å². The Morgan fingerprint density at radius 3 is 1.87 bits per heavy atom. The molecule has 1 aromatic carbocycles. The highest BCUT2D eigenvalue weighted by Gasteiger charge is 2.44. The summed E-state index contributed by atoms with van der Waals surface area (Å²) in [5, 5.41) is 1.74. The summed E-state index contributed by atoms with van der Waals surface area (Å²) < 4.78 is 7.13. The molecule has 31 heavy (non-hydrogen) atoms. The van der Waals surface area contributed by atoms with Gasteiger partial charge >= 0.3 is 0 Å². The van der Waals surface area contributed by atoms with Crippen molar-refractivity contribution < 1.29 is 4.43 Å². The zero-order chi connectivity index (χ0) is 23.5. The molecule has 0 aliphatic carbocycles. The lowest BCUT2D eigenvalue weighted by Crippen LogP contribution is -2.53. The summed E-state index contributed by atoms with van der Waals surface area (Å²) in [6, 6.07) is 11.1.